The first-order valence-electron chi connectivity index (χ1n) is 6.61. The van der Waals surface area contributed by atoms with Crippen molar-refractivity contribution in [3.8, 4) is 11.5 Å². The Labute approximate surface area is 118 Å². The molecule has 0 aromatic heterocycles. The van der Waals surface area contributed by atoms with Crippen LogP contribution in [0.1, 0.15) is 23.7 Å². The minimum Gasteiger partial charge on any atom is -0.496 e. The van der Waals surface area contributed by atoms with E-state index in [0.29, 0.717) is 36.6 Å². The van der Waals surface area contributed by atoms with Crippen molar-refractivity contribution in [3.05, 3.63) is 23.8 Å². The Morgan fingerprint density at radius 3 is 2.35 bits per heavy atom. The van der Waals surface area contributed by atoms with Gasteiger partial charge in [0.1, 0.15) is 22.8 Å². The minimum atomic E-state index is -0.154. The van der Waals surface area contributed by atoms with Crippen LogP contribution in [0.3, 0.4) is 0 Å². The molecule has 1 aromatic rings. The van der Waals surface area contributed by atoms with E-state index in [4.69, 9.17) is 9.47 Å². The van der Waals surface area contributed by atoms with Gasteiger partial charge in [-0.15, -0.1) is 0 Å². The number of hydrogen-bond acceptors (Lipinski definition) is 4. The van der Waals surface area contributed by atoms with Crippen LogP contribution < -0.4 is 9.47 Å². The van der Waals surface area contributed by atoms with Crippen LogP contribution in [-0.2, 0) is 4.79 Å². The van der Waals surface area contributed by atoms with Gasteiger partial charge in [-0.05, 0) is 12.1 Å². The molecule has 0 bridgehead atoms. The summed E-state index contributed by atoms with van der Waals surface area (Å²) in [5.74, 6) is 0.908. The van der Waals surface area contributed by atoms with Gasteiger partial charge in [-0.3, -0.25) is 9.59 Å². The number of nitrogens with zero attached hydrogens (tertiary/aromatic N) is 1. The number of carbonyl (C=O) groups excluding carboxylic acids is 2. The Morgan fingerprint density at radius 2 is 1.85 bits per heavy atom. The van der Waals surface area contributed by atoms with E-state index in [2.05, 4.69) is 0 Å². The molecule has 1 amide bonds. The lowest BCUT2D eigenvalue weighted by molar-refractivity contribution is -0.124. The highest BCUT2D eigenvalue weighted by atomic mass is 16.5. The van der Waals surface area contributed by atoms with Crippen LogP contribution in [0.15, 0.2) is 18.2 Å². The van der Waals surface area contributed by atoms with Crippen molar-refractivity contribution in [1.82, 2.24) is 4.90 Å². The molecule has 0 radical (unpaired) electrons. The number of hydrogen-bond donors (Lipinski definition) is 0. The van der Waals surface area contributed by atoms with Crippen LogP contribution in [0.4, 0.5) is 0 Å². The molecule has 1 atom stereocenters. The number of Topliss-reactive ketones (excluding diaryl/α,β-unsaturated/α-hetero) is 1. The first-order chi connectivity index (χ1) is 9.58. The van der Waals surface area contributed by atoms with Crippen LogP contribution >= 0.6 is 0 Å². The predicted molar refractivity (Wildman–Crippen MR) is 74.2 cm³/mol. The zero-order valence-corrected chi connectivity index (χ0v) is 12.0. The van der Waals surface area contributed by atoms with Gasteiger partial charge in [0, 0.05) is 25.4 Å². The molecule has 1 unspecified atom stereocenters. The average molecular weight is 277 g/mol. The van der Waals surface area contributed by atoms with Crippen LogP contribution in [-0.4, -0.2) is 43.9 Å². The predicted octanol–water partition coefficient (Wildman–Crippen LogP) is 1.75. The van der Waals surface area contributed by atoms with Gasteiger partial charge in [0.2, 0.25) is 0 Å². The highest BCUT2D eigenvalue weighted by molar-refractivity contribution is 6.00. The van der Waals surface area contributed by atoms with Crippen molar-refractivity contribution in [3.63, 3.8) is 0 Å². The van der Waals surface area contributed by atoms with Crippen molar-refractivity contribution < 1.29 is 19.1 Å². The highest BCUT2D eigenvalue weighted by Gasteiger charge is 2.30. The van der Waals surface area contributed by atoms with E-state index < -0.39 is 0 Å². The Kier molecular flexibility index (Phi) is 4.27. The van der Waals surface area contributed by atoms with E-state index in [9.17, 15) is 9.59 Å². The molecule has 2 rings (SSSR count). The molecular formula is C15H19NO4. The van der Waals surface area contributed by atoms with Crippen LogP contribution in [0.5, 0.6) is 11.5 Å². The van der Waals surface area contributed by atoms with Gasteiger partial charge in [0.05, 0.1) is 14.2 Å². The highest BCUT2D eigenvalue weighted by Crippen LogP contribution is 2.30. The Morgan fingerprint density at radius 1 is 1.25 bits per heavy atom. The molecule has 1 aliphatic rings. The van der Waals surface area contributed by atoms with E-state index in [1.165, 1.54) is 14.2 Å². The van der Waals surface area contributed by atoms with E-state index >= 15 is 0 Å². The first kappa shape index (κ1) is 14.4. The lowest BCUT2D eigenvalue weighted by Crippen LogP contribution is -2.43. The zero-order chi connectivity index (χ0) is 14.7. The summed E-state index contributed by atoms with van der Waals surface area (Å²) in [6.07, 6.45) is 0.407. The summed E-state index contributed by atoms with van der Waals surface area (Å²) in [4.78, 5) is 25.9. The lowest BCUT2D eigenvalue weighted by Gasteiger charge is -2.30. The summed E-state index contributed by atoms with van der Waals surface area (Å²) in [6.45, 7) is 2.74. The fraction of sp³-hybridized carbons (Fsp3) is 0.467. The molecule has 20 heavy (non-hydrogen) atoms. The standard InChI is InChI=1S/C15H19NO4/c1-10-9-16(8-7-11(10)17)15(18)14-12(19-2)5-4-6-13(14)20-3/h4-6,10H,7-9H2,1-3H3. The number of amides is 1. The van der Waals surface area contributed by atoms with Gasteiger partial charge in [-0.25, -0.2) is 0 Å². The second-order valence-corrected chi connectivity index (χ2v) is 4.91. The van der Waals surface area contributed by atoms with Gasteiger partial charge in [-0.2, -0.15) is 0 Å². The van der Waals surface area contributed by atoms with Crippen molar-refractivity contribution in [1.29, 1.82) is 0 Å². The normalized spacial score (nSPS) is 18.9. The number of ketones is 1. The third-order valence-corrected chi connectivity index (χ3v) is 3.60. The summed E-state index contributed by atoms with van der Waals surface area (Å²) in [5.41, 5.74) is 0.416. The summed E-state index contributed by atoms with van der Waals surface area (Å²) in [5, 5.41) is 0. The topological polar surface area (TPSA) is 55.8 Å². The quantitative estimate of drug-likeness (QED) is 0.844. The third kappa shape index (κ3) is 2.61. The molecule has 5 nitrogen and oxygen atoms in total. The van der Waals surface area contributed by atoms with Crippen molar-refractivity contribution in [2.75, 3.05) is 27.3 Å². The monoisotopic (exact) mass is 277 g/mol. The van der Waals surface area contributed by atoms with Crippen LogP contribution in [0.25, 0.3) is 0 Å². The molecule has 0 spiro atoms. The maximum Gasteiger partial charge on any atom is 0.261 e. The molecule has 1 heterocycles. The van der Waals surface area contributed by atoms with Gasteiger partial charge in [0.25, 0.3) is 5.91 Å². The van der Waals surface area contributed by atoms with Crippen LogP contribution in [0, 0.1) is 5.92 Å². The summed E-state index contributed by atoms with van der Waals surface area (Å²) < 4.78 is 10.5. The van der Waals surface area contributed by atoms with E-state index in [-0.39, 0.29) is 17.6 Å². The number of likely N-dealkylation sites (tertiary alicyclic amines) is 1. The molecule has 1 aliphatic heterocycles. The Bertz CT molecular complexity index is 504. The summed E-state index contributed by atoms with van der Waals surface area (Å²) in [6, 6.07) is 5.24. The molecule has 0 N–H and O–H groups in total. The molecule has 108 valence electrons. The van der Waals surface area contributed by atoms with Crippen molar-refractivity contribution in [2.45, 2.75) is 13.3 Å². The second kappa shape index (κ2) is 5.94. The summed E-state index contributed by atoms with van der Waals surface area (Å²) >= 11 is 0. The maximum atomic E-state index is 12.7. The van der Waals surface area contributed by atoms with E-state index in [0.717, 1.165) is 0 Å². The smallest absolute Gasteiger partial charge is 0.261 e. The number of piperidine rings is 1. The van der Waals surface area contributed by atoms with E-state index in [1.54, 1.807) is 23.1 Å². The van der Waals surface area contributed by atoms with Gasteiger partial charge >= 0.3 is 0 Å². The molecular weight excluding hydrogens is 258 g/mol. The molecule has 1 aromatic carbocycles. The summed E-state index contributed by atoms with van der Waals surface area (Å²) in [7, 11) is 3.04. The number of methoxy groups -OCH3 is 2. The van der Waals surface area contributed by atoms with E-state index in [1.807, 2.05) is 6.92 Å². The SMILES string of the molecule is COc1cccc(OC)c1C(=O)N1CCC(=O)C(C)C1. The average Bonchev–Trinajstić information content (AvgIpc) is 2.48. The van der Waals surface area contributed by atoms with Crippen molar-refractivity contribution >= 4 is 11.7 Å². The minimum absolute atomic E-state index is 0.117. The van der Waals surface area contributed by atoms with Gasteiger partial charge in [0.15, 0.2) is 0 Å². The van der Waals surface area contributed by atoms with Gasteiger partial charge < -0.3 is 14.4 Å². The number of benzene rings is 1. The van der Waals surface area contributed by atoms with Gasteiger partial charge in [-0.1, -0.05) is 13.0 Å². The largest absolute Gasteiger partial charge is 0.496 e. The third-order valence-electron chi connectivity index (χ3n) is 3.60. The molecule has 1 fully saturated rings. The van der Waals surface area contributed by atoms with Crippen molar-refractivity contribution in [2.24, 2.45) is 5.92 Å². The molecule has 0 aliphatic carbocycles. The molecule has 5 heteroatoms. The zero-order valence-electron chi connectivity index (χ0n) is 12.0. The molecule has 0 saturated carbocycles. The first-order valence-corrected chi connectivity index (χ1v) is 6.61. The Hall–Kier alpha value is -2.04. The maximum absolute atomic E-state index is 12.7. The Balaban J connectivity index is 2.31. The fourth-order valence-electron chi connectivity index (χ4n) is 2.42. The number of rotatable bonds is 3. The fourth-order valence-corrected chi connectivity index (χ4v) is 2.42. The lowest BCUT2D eigenvalue weighted by atomic mass is 9.97. The number of carbonyl (C=O) groups is 2. The second-order valence-electron chi connectivity index (χ2n) is 4.91. The number of ether oxygens (including phenoxy) is 2. The van der Waals surface area contributed by atoms with Crippen LogP contribution in [0.2, 0.25) is 0 Å². The molecule has 1 saturated heterocycles.